The van der Waals surface area contributed by atoms with Crippen molar-refractivity contribution in [2.75, 3.05) is 13.1 Å². The van der Waals surface area contributed by atoms with Gasteiger partial charge >= 0.3 is 5.97 Å². The van der Waals surface area contributed by atoms with Gasteiger partial charge in [0.25, 0.3) is 0 Å². The molecule has 0 unspecified atom stereocenters. The summed E-state index contributed by atoms with van der Waals surface area (Å²) >= 11 is 0. The Morgan fingerprint density at radius 2 is 1.93 bits per heavy atom. The lowest BCUT2D eigenvalue weighted by atomic mass is 9.96. The normalized spacial score (nSPS) is 17.8. The Morgan fingerprint density at radius 3 is 2.63 bits per heavy atom. The second-order valence-electron chi connectivity index (χ2n) is 8.39. The molecule has 0 spiro atoms. The van der Waals surface area contributed by atoms with Crippen molar-refractivity contribution < 1.29 is 23.4 Å². The molecule has 0 atom stereocenters. The maximum Gasteiger partial charge on any atom is 0.309 e. The fourth-order valence-electron chi connectivity index (χ4n) is 4.04. The van der Waals surface area contributed by atoms with Crippen LogP contribution >= 0.6 is 0 Å². The predicted octanol–water partition coefficient (Wildman–Crippen LogP) is 4.82. The number of likely N-dealkylation sites (tertiary alicyclic amines) is 1. The first kappa shape index (κ1) is 19.3. The highest BCUT2D eigenvalue weighted by molar-refractivity contribution is 5.83. The molecular weight excluding hydrogens is 385 g/mol. The van der Waals surface area contributed by atoms with Gasteiger partial charge in [0.05, 0.1) is 24.2 Å². The van der Waals surface area contributed by atoms with Crippen LogP contribution in [0.15, 0.2) is 46.9 Å². The number of halogens is 1. The SMILES string of the molecule is O=C(O)C1CN(Cc2ccc(-c3cc4cc(COC5CCC5)ccc4o3)c(F)c2)C1. The number of benzene rings is 2. The smallest absolute Gasteiger partial charge is 0.309 e. The molecule has 2 heterocycles. The Bertz CT molecular complexity index is 1080. The van der Waals surface area contributed by atoms with E-state index < -0.39 is 5.97 Å². The molecule has 0 bridgehead atoms. The second kappa shape index (κ2) is 7.85. The fraction of sp³-hybridized carbons (Fsp3) is 0.375. The quantitative estimate of drug-likeness (QED) is 0.606. The molecule has 1 aromatic heterocycles. The van der Waals surface area contributed by atoms with Gasteiger partial charge in [0.2, 0.25) is 0 Å². The van der Waals surface area contributed by atoms with Crippen molar-refractivity contribution in [1.82, 2.24) is 4.90 Å². The molecule has 2 aromatic carbocycles. The van der Waals surface area contributed by atoms with Crippen molar-refractivity contribution in [1.29, 1.82) is 0 Å². The van der Waals surface area contributed by atoms with Crippen LogP contribution in [0, 0.1) is 11.7 Å². The first-order chi connectivity index (χ1) is 14.5. The average molecular weight is 409 g/mol. The van der Waals surface area contributed by atoms with E-state index in [1.165, 1.54) is 12.5 Å². The van der Waals surface area contributed by atoms with Crippen LogP contribution in [0.5, 0.6) is 0 Å². The number of hydrogen-bond acceptors (Lipinski definition) is 4. The van der Waals surface area contributed by atoms with Crippen LogP contribution in [-0.4, -0.2) is 35.2 Å². The summed E-state index contributed by atoms with van der Waals surface area (Å²) in [6.45, 7) is 2.15. The van der Waals surface area contributed by atoms with E-state index in [1.807, 2.05) is 35.2 Å². The Labute approximate surface area is 174 Å². The van der Waals surface area contributed by atoms with Gasteiger partial charge in [-0.3, -0.25) is 9.69 Å². The number of aliphatic carboxylic acids is 1. The second-order valence-corrected chi connectivity index (χ2v) is 8.39. The van der Waals surface area contributed by atoms with E-state index in [-0.39, 0.29) is 11.7 Å². The molecule has 1 aliphatic heterocycles. The van der Waals surface area contributed by atoms with Crippen molar-refractivity contribution in [3.05, 3.63) is 59.4 Å². The zero-order valence-electron chi connectivity index (χ0n) is 16.6. The Morgan fingerprint density at radius 1 is 1.13 bits per heavy atom. The zero-order valence-corrected chi connectivity index (χ0v) is 16.6. The first-order valence-electron chi connectivity index (χ1n) is 10.4. The Kier molecular flexibility index (Phi) is 5.05. The lowest BCUT2D eigenvalue weighted by Crippen LogP contribution is -2.49. The lowest BCUT2D eigenvalue weighted by molar-refractivity contribution is -0.147. The molecule has 0 amide bonds. The molecule has 2 aliphatic rings. The van der Waals surface area contributed by atoms with E-state index in [9.17, 15) is 9.18 Å². The van der Waals surface area contributed by atoms with Crippen molar-refractivity contribution in [2.45, 2.75) is 38.5 Å². The third-order valence-electron chi connectivity index (χ3n) is 6.13. The number of hydrogen-bond donors (Lipinski definition) is 1. The number of carboxylic acids is 1. The van der Waals surface area contributed by atoms with E-state index >= 15 is 0 Å². The summed E-state index contributed by atoms with van der Waals surface area (Å²) in [6.07, 6.45) is 3.93. The van der Waals surface area contributed by atoms with E-state index in [0.29, 0.717) is 43.7 Å². The number of rotatable bonds is 7. The van der Waals surface area contributed by atoms with Crippen LogP contribution in [0.25, 0.3) is 22.3 Å². The molecule has 1 aliphatic carbocycles. The molecule has 5 nitrogen and oxygen atoms in total. The van der Waals surface area contributed by atoms with Crippen LogP contribution in [-0.2, 0) is 22.7 Å². The molecule has 1 saturated carbocycles. The summed E-state index contributed by atoms with van der Waals surface area (Å²) in [7, 11) is 0. The minimum Gasteiger partial charge on any atom is -0.481 e. The van der Waals surface area contributed by atoms with Crippen LogP contribution in [0.3, 0.4) is 0 Å². The monoisotopic (exact) mass is 409 g/mol. The molecular formula is C24H24FNO4. The lowest BCUT2D eigenvalue weighted by Gasteiger charge is -2.36. The molecule has 1 N–H and O–H groups in total. The molecule has 5 rings (SSSR count). The maximum absolute atomic E-state index is 14.8. The average Bonchev–Trinajstić information content (AvgIpc) is 3.05. The van der Waals surface area contributed by atoms with Gasteiger partial charge in [-0.25, -0.2) is 4.39 Å². The van der Waals surface area contributed by atoms with Crippen molar-refractivity contribution in [3.8, 4) is 11.3 Å². The highest BCUT2D eigenvalue weighted by atomic mass is 19.1. The van der Waals surface area contributed by atoms with Gasteiger partial charge in [0.1, 0.15) is 17.2 Å². The molecule has 1 saturated heterocycles. The van der Waals surface area contributed by atoms with E-state index in [4.69, 9.17) is 14.3 Å². The van der Waals surface area contributed by atoms with Gasteiger partial charge in [-0.1, -0.05) is 12.1 Å². The van der Waals surface area contributed by atoms with Crippen molar-refractivity contribution >= 4 is 16.9 Å². The number of fused-ring (bicyclic) bond motifs is 1. The summed E-state index contributed by atoms with van der Waals surface area (Å²) in [5, 5.41) is 9.90. The number of carboxylic acid groups (broad SMARTS) is 1. The molecule has 156 valence electrons. The third-order valence-corrected chi connectivity index (χ3v) is 6.13. The number of nitrogens with zero attached hydrogens (tertiary/aromatic N) is 1. The standard InChI is InChI=1S/C24H24FNO4/c25-21-9-15(11-26-12-18(13-26)24(27)28)4-6-20(21)23-10-17-8-16(5-7-22(17)30-23)14-29-19-2-1-3-19/h4-10,18-19H,1-3,11-14H2,(H,27,28). The summed E-state index contributed by atoms with van der Waals surface area (Å²) in [5.41, 5.74) is 3.06. The highest BCUT2D eigenvalue weighted by Gasteiger charge is 2.32. The Balaban J connectivity index is 1.29. The maximum atomic E-state index is 14.8. The van der Waals surface area contributed by atoms with Gasteiger partial charge in [0.15, 0.2) is 0 Å². The summed E-state index contributed by atoms with van der Waals surface area (Å²) < 4.78 is 26.5. The molecule has 30 heavy (non-hydrogen) atoms. The van der Waals surface area contributed by atoms with Crippen LogP contribution < -0.4 is 0 Å². The van der Waals surface area contributed by atoms with Crippen LogP contribution in [0.2, 0.25) is 0 Å². The van der Waals surface area contributed by atoms with Gasteiger partial charge in [0, 0.05) is 25.0 Å². The first-order valence-corrected chi connectivity index (χ1v) is 10.4. The minimum atomic E-state index is -0.768. The topological polar surface area (TPSA) is 62.9 Å². The van der Waals surface area contributed by atoms with E-state index in [1.54, 1.807) is 6.07 Å². The largest absolute Gasteiger partial charge is 0.481 e. The molecule has 0 radical (unpaired) electrons. The van der Waals surface area contributed by atoms with E-state index in [0.717, 1.165) is 34.9 Å². The highest BCUT2D eigenvalue weighted by Crippen LogP contribution is 2.32. The van der Waals surface area contributed by atoms with Gasteiger partial charge in [-0.2, -0.15) is 0 Å². The molecule has 6 heteroatoms. The number of furan rings is 1. The molecule has 2 fully saturated rings. The van der Waals surface area contributed by atoms with E-state index in [2.05, 4.69) is 0 Å². The fourth-order valence-corrected chi connectivity index (χ4v) is 4.04. The summed E-state index contributed by atoms with van der Waals surface area (Å²) in [6, 6.07) is 12.9. The van der Waals surface area contributed by atoms with Crippen molar-refractivity contribution in [2.24, 2.45) is 5.92 Å². The van der Waals surface area contributed by atoms with Gasteiger partial charge in [-0.15, -0.1) is 0 Å². The Hall–Kier alpha value is -2.70. The zero-order chi connectivity index (χ0) is 20.7. The number of ether oxygens (including phenoxy) is 1. The number of carbonyl (C=O) groups is 1. The van der Waals surface area contributed by atoms with Crippen LogP contribution in [0.4, 0.5) is 4.39 Å². The predicted molar refractivity (Wildman–Crippen MR) is 110 cm³/mol. The summed E-state index contributed by atoms with van der Waals surface area (Å²) in [4.78, 5) is 12.9. The molecule has 3 aromatic rings. The third kappa shape index (κ3) is 3.85. The van der Waals surface area contributed by atoms with Gasteiger partial charge in [-0.05, 0) is 60.7 Å². The van der Waals surface area contributed by atoms with Gasteiger partial charge < -0.3 is 14.3 Å². The summed E-state index contributed by atoms with van der Waals surface area (Å²) in [5.74, 6) is -0.916. The van der Waals surface area contributed by atoms with Crippen LogP contribution in [0.1, 0.15) is 30.4 Å². The minimum absolute atomic E-state index is 0.311. The van der Waals surface area contributed by atoms with Crippen molar-refractivity contribution in [3.63, 3.8) is 0 Å².